The molecule has 1 heterocycles. The van der Waals surface area contributed by atoms with Gasteiger partial charge in [0, 0.05) is 17.5 Å². The smallest absolute Gasteiger partial charge is 0.393 e. The van der Waals surface area contributed by atoms with Crippen LogP contribution in [-0.4, -0.2) is 38.0 Å². The van der Waals surface area contributed by atoms with Crippen molar-refractivity contribution < 1.29 is 14.5 Å². The molecule has 38 heavy (non-hydrogen) atoms. The van der Waals surface area contributed by atoms with E-state index in [2.05, 4.69) is 5.10 Å². The molecule has 0 unspecified atom stereocenters. The Labute approximate surface area is 221 Å². The number of esters is 1. The molecule has 0 saturated carbocycles. The Morgan fingerprint density at radius 1 is 0.947 bits per heavy atom. The van der Waals surface area contributed by atoms with E-state index in [0.29, 0.717) is 17.8 Å². The summed E-state index contributed by atoms with van der Waals surface area (Å²) in [5.74, 6) is -0.863. The van der Waals surface area contributed by atoms with Crippen LogP contribution in [0.2, 0.25) is 0 Å². The largest absolute Gasteiger partial charge is 0.458 e. The number of carbonyl (C=O) groups excluding carboxylic acids is 1. The summed E-state index contributed by atoms with van der Waals surface area (Å²) >= 11 is 0. The molecule has 0 bridgehead atoms. The van der Waals surface area contributed by atoms with Crippen LogP contribution < -0.4 is 0 Å². The minimum Gasteiger partial charge on any atom is -0.458 e. The number of ether oxygens (including phenoxy) is 1. The van der Waals surface area contributed by atoms with Gasteiger partial charge in [0.15, 0.2) is 6.04 Å². The molecule has 4 aromatic rings. The van der Waals surface area contributed by atoms with E-state index in [1.165, 1.54) is 4.68 Å². The molecule has 0 aliphatic carbocycles. The van der Waals surface area contributed by atoms with Crippen LogP contribution in [0.15, 0.2) is 102 Å². The maximum atomic E-state index is 13.4. The number of aromatic nitrogens is 2. The molecule has 194 valence electrons. The van der Waals surface area contributed by atoms with Crippen LogP contribution in [0.5, 0.6) is 0 Å². The molecule has 0 aliphatic heterocycles. The summed E-state index contributed by atoms with van der Waals surface area (Å²) in [6.07, 6.45) is 1.58. The molecular weight excluding hydrogens is 480 g/mol. The Balaban J connectivity index is 1.77. The van der Waals surface area contributed by atoms with E-state index in [0.717, 1.165) is 16.7 Å². The van der Waals surface area contributed by atoms with Gasteiger partial charge in [0.1, 0.15) is 5.60 Å². The van der Waals surface area contributed by atoms with Gasteiger partial charge in [-0.15, -0.1) is 0 Å². The fourth-order valence-corrected chi connectivity index (χ4v) is 4.03. The number of carbonyl (C=O) groups is 1. The molecule has 0 fully saturated rings. The van der Waals surface area contributed by atoms with Crippen molar-refractivity contribution in [1.29, 1.82) is 0 Å². The third-order valence-electron chi connectivity index (χ3n) is 5.65. The van der Waals surface area contributed by atoms with Crippen LogP contribution in [0, 0.1) is 10.1 Å². The van der Waals surface area contributed by atoms with E-state index in [1.54, 1.807) is 27.0 Å². The van der Waals surface area contributed by atoms with Gasteiger partial charge in [-0.25, -0.2) is 4.79 Å². The predicted octanol–water partition coefficient (Wildman–Crippen LogP) is 5.63. The van der Waals surface area contributed by atoms with E-state index in [4.69, 9.17) is 9.73 Å². The van der Waals surface area contributed by atoms with E-state index >= 15 is 0 Å². The molecule has 1 aromatic heterocycles. The fourth-order valence-electron chi connectivity index (χ4n) is 4.03. The molecule has 0 radical (unpaired) electrons. The molecule has 4 rings (SSSR count). The van der Waals surface area contributed by atoms with Crippen LogP contribution in [0.1, 0.15) is 43.0 Å². The number of hydrogen-bond donors (Lipinski definition) is 0. The second-order valence-electron chi connectivity index (χ2n) is 9.88. The van der Waals surface area contributed by atoms with Crippen LogP contribution in [0.25, 0.3) is 0 Å². The van der Waals surface area contributed by atoms with E-state index < -0.39 is 22.5 Å². The van der Waals surface area contributed by atoms with Crippen LogP contribution in [0.3, 0.4) is 0 Å². The summed E-state index contributed by atoms with van der Waals surface area (Å²) in [6.45, 7) is 5.70. The average Bonchev–Trinajstić information content (AvgIpc) is 3.29. The lowest BCUT2D eigenvalue weighted by Crippen LogP contribution is -2.33. The van der Waals surface area contributed by atoms with Crippen molar-refractivity contribution in [1.82, 2.24) is 9.78 Å². The summed E-state index contributed by atoms with van der Waals surface area (Å²) < 4.78 is 7.23. The third-order valence-corrected chi connectivity index (χ3v) is 5.65. The number of hydrogen-bond acceptors (Lipinski definition) is 6. The quantitative estimate of drug-likeness (QED) is 0.126. The van der Waals surface area contributed by atoms with Gasteiger partial charge < -0.3 is 14.9 Å². The molecule has 8 heteroatoms. The maximum Gasteiger partial charge on any atom is 0.393 e. The number of rotatable bonds is 9. The predicted molar refractivity (Wildman–Crippen MR) is 146 cm³/mol. The molecular formula is C30H30N4O4. The van der Waals surface area contributed by atoms with Crippen molar-refractivity contribution in [3.05, 3.63) is 130 Å². The maximum absolute atomic E-state index is 13.4. The topological polar surface area (TPSA) is 99.6 Å². The Kier molecular flexibility index (Phi) is 8.11. The number of nitrogens with zero attached hydrogens (tertiary/aromatic N) is 4. The van der Waals surface area contributed by atoms with Crippen molar-refractivity contribution in [2.75, 3.05) is 0 Å². The number of aliphatic imine (C=N–C) groups is 1. The van der Waals surface area contributed by atoms with E-state index in [1.807, 2.05) is 91.0 Å². The fraction of sp³-hybridized carbons (Fsp3) is 0.233. The van der Waals surface area contributed by atoms with Gasteiger partial charge in [0.2, 0.25) is 0 Å². The third kappa shape index (κ3) is 7.00. The van der Waals surface area contributed by atoms with E-state index in [-0.39, 0.29) is 12.2 Å². The molecule has 1 atom stereocenters. The van der Waals surface area contributed by atoms with Crippen molar-refractivity contribution in [3.8, 4) is 0 Å². The molecule has 0 N–H and O–H groups in total. The van der Waals surface area contributed by atoms with Gasteiger partial charge in [-0.1, -0.05) is 91.0 Å². The minimum absolute atomic E-state index is 0.0385. The Hall–Kier alpha value is -4.59. The van der Waals surface area contributed by atoms with Crippen molar-refractivity contribution >= 4 is 17.5 Å². The van der Waals surface area contributed by atoms with Crippen molar-refractivity contribution in [2.45, 2.75) is 45.4 Å². The van der Waals surface area contributed by atoms with Gasteiger partial charge >= 0.3 is 11.8 Å². The summed E-state index contributed by atoms with van der Waals surface area (Å²) in [4.78, 5) is 29.7. The number of benzene rings is 3. The van der Waals surface area contributed by atoms with Crippen molar-refractivity contribution in [2.24, 2.45) is 4.99 Å². The molecule has 8 nitrogen and oxygen atoms in total. The first-order chi connectivity index (χ1) is 18.2. The van der Waals surface area contributed by atoms with Crippen LogP contribution in [-0.2, 0) is 22.5 Å². The Morgan fingerprint density at radius 2 is 1.47 bits per heavy atom. The molecule has 0 amide bonds. The highest BCUT2D eigenvalue weighted by Crippen LogP contribution is 2.23. The van der Waals surface area contributed by atoms with Gasteiger partial charge in [-0.05, 0) is 31.3 Å². The van der Waals surface area contributed by atoms with Gasteiger partial charge in [-0.2, -0.15) is 4.68 Å². The zero-order valence-electron chi connectivity index (χ0n) is 21.7. The van der Waals surface area contributed by atoms with Gasteiger partial charge in [0.05, 0.1) is 29.1 Å². The minimum atomic E-state index is -1.03. The lowest BCUT2D eigenvalue weighted by molar-refractivity contribution is -0.390. The van der Waals surface area contributed by atoms with Gasteiger partial charge in [0.25, 0.3) is 0 Å². The highest BCUT2D eigenvalue weighted by atomic mass is 16.6. The summed E-state index contributed by atoms with van der Waals surface area (Å²) in [7, 11) is 0. The highest BCUT2D eigenvalue weighted by molar-refractivity contribution is 6.13. The Bertz CT molecular complexity index is 1370. The van der Waals surface area contributed by atoms with Crippen LogP contribution in [0.4, 0.5) is 5.82 Å². The monoisotopic (exact) mass is 510 g/mol. The summed E-state index contributed by atoms with van der Waals surface area (Å²) in [6, 6.07) is 27.6. The zero-order chi connectivity index (χ0) is 27.1. The second-order valence-corrected chi connectivity index (χ2v) is 9.88. The second kappa shape index (κ2) is 11.6. The first kappa shape index (κ1) is 26.5. The first-order valence-corrected chi connectivity index (χ1v) is 12.4. The Morgan fingerprint density at radius 3 is 1.97 bits per heavy atom. The normalized spacial score (nSPS) is 12.0. The van der Waals surface area contributed by atoms with Crippen LogP contribution >= 0.6 is 0 Å². The molecule has 0 aliphatic rings. The SMILES string of the molecule is CC(C)(C)OC(=O)[C@H](Cc1cn(Cc2ccccc2)nc1[N+](=O)[O-])N=C(c1ccccc1)c1ccccc1. The number of nitro groups is 1. The lowest BCUT2D eigenvalue weighted by Gasteiger charge is -2.23. The zero-order valence-corrected chi connectivity index (χ0v) is 21.7. The standard InChI is InChI=1S/C30H30N4O4/c1-30(2,3)38-29(35)26(31-27(23-15-9-5-10-16-23)24-17-11-6-12-18-24)19-25-21-33(32-28(25)34(36)37)20-22-13-7-4-8-14-22/h4-18,21,26H,19-20H2,1-3H3/t26-/m0/s1. The first-order valence-electron chi connectivity index (χ1n) is 12.4. The molecule has 0 spiro atoms. The highest BCUT2D eigenvalue weighted by Gasteiger charge is 2.31. The summed E-state index contributed by atoms with van der Waals surface area (Å²) in [5, 5.41) is 16.1. The lowest BCUT2D eigenvalue weighted by atomic mass is 10.0. The van der Waals surface area contributed by atoms with Gasteiger partial charge in [-0.3, -0.25) is 4.99 Å². The molecule has 3 aromatic carbocycles. The van der Waals surface area contributed by atoms with E-state index in [9.17, 15) is 14.9 Å². The molecule has 0 saturated heterocycles. The van der Waals surface area contributed by atoms with Crippen molar-refractivity contribution in [3.63, 3.8) is 0 Å². The summed E-state index contributed by atoms with van der Waals surface area (Å²) in [5.41, 5.74) is 2.75. The average molecular weight is 511 g/mol.